The molecule has 0 aromatic carbocycles. The molecule has 0 aromatic rings. The van der Waals surface area contributed by atoms with E-state index in [1.807, 2.05) is 7.07 Å². The molecular weight excluding hydrogens is 96.9 g/mol. The molecule has 8 heavy (non-hydrogen) atoms. The van der Waals surface area contributed by atoms with Crippen molar-refractivity contribution in [3.05, 3.63) is 0 Å². The molecule has 0 fully saturated rings. The molecule has 0 amide bonds. The molecule has 0 radical (unpaired) electrons. The number of hydrogen-bond donors (Lipinski definition) is 0. The second-order valence-corrected chi connectivity index (χ2v) is 2.64. The van der Waals surface area contributed by atoms with Gasteiger partial charge in [-0.1, -0.05) is 0 Å². The Labute approximate surface area is 52.4 Å². The average molecular weight is 111 g/mol. The van der Waals surface area contributed by atoms with Crippen molar-refractivity contribution in [3.63, 3.8) is 0 Å². The number of nitrogens with zero attached hydrogens (tertiary/aromatic N) is 1. The Morgan fingerprint density at radius 2 is 1.62 bits per heavy atom. The molecule has 46 valence electrons. The van der Waals surface area contributed by atoms with Gasteiger partial charge in [0.15, 0.2) is 0 Å². The summed E-state index contributed by atoms with van der Waals surface area (Å²) >= 11 is 0. The quantitative estimate of drug-likeness (QED) is 0.484. The maximum absolute atomic E-state index is 4.20. The molecule has 0 saturated heterocycles. The first-order valence-corrected chi connectivity index (χ1v) is 3.16. The van der Waals surface area contributed by atoms with Crippen LogP contribution in [0.1, 0.15) is 27.7 Å². The van der Waals surface area contributed by atoms with Crippen LogP contribution in [-0.2, 0) is 0 Å². The first-order chi connectivity index (χ1) is 3.63. The molecule has 0 unspecified atom stereocenters. The van der Waals surface area contributed by atoms with E-state index in [0.717, 1.165) is 0 Å². The fourth-order valence-corrected chi connectivity index (χ4v) is 0.344. The van der Waals surface area contributed by atoms with E-state index in [1.54, 1.807) is 0 Å². The van der Waals surface area contributed by atoms with E-state index in [1.165, 1.54) is 0 Å². The van der Waals surface area contributed by atoms with E-state index in [-0.39, 0.29) is 0 Å². The zero-order chi connectivity index (χ0) is 6.57. The minimum atomic E-state index is 0.456. The standard InChI is InChI=1S/C6H14BN/c1-5(2)7-8-6(3)4/h5-6H,1-4H3. The van der Waals surface area contributed by atoms with Gasteiger partial charge in [-0.2, -0.15) is 0 Å². The predicted octanol–water partition coefficient (Wildman–Crippen LogP) is 2.11. The van der Waals surface area contributed by atoms with Crippen molar-refractivity contribution in [2.24, 2.45) is 4.90 Å². The van der Waals surface area contributed by atoms with Gasteiger partial charge in [0.25, 0.3) is 0 Å². The average Bonchev–Trinajstić information content (AvgIpc) is 1.61. The molecular formula is C6H14BN. The zero-order valence-electron chi connectivity index (χ0n) is 6.18. The predicted molar refractivity (Wildman–Crippen MR) is 38.4 cm³/mol. The van der Waals surface area contributed by atoms with Crippen molar-refractivity contribution in [2.45, 2.75) is 39.6 Å². The van der Waals surface area contributed by atoms with Crippen LogP contribution in [0.25, 0.3) is 0 Å². The summed E-state index contributed by atoms with van der Waals surface area (Å²) in [7, 11) is 1.99. The van der Waals surface area contributed by atoms with Gasteiger partial charge in [0, 0.05) is 0 Å². The maximum atomic E-state index is 4.20. The Bertz CT molecular complexity index is 66.6. The van der Waals surface area contributed by atoms with Crippen molar-refractivity contribution in [1.29, 1.82) is 0 Å². The van der Waals surface area contributed by atoms with Gasteiger partial charge >= 0.3 is 51.5 Å². The van der Waals surface area contributed by atoms with Crippen LogP contribution in [0, 0.1) is 0 Å². The van der Waals surface area contributed by atoms with Crippen molar-refractivity contribution in [3.8, 4) is 0 Å². The molecule has 0 aliphatic rings. The van der Waals surface area contributed by atoms with E-state index in [9.17, 15) is 0 Å². The monoisotopic (exact) mass is 111 g/mol. The van der Waals surface area contributed by atoms with Crippen molar-refractivity contribution in [2.75, 3.05) is 0 Å². The molecule has 2 heteroatoms. The van der Waals surface area contributed by atoms with Crippen molar-refractivity contribution < 1.29 is 0 Å². The van der Waals surface area contributed by atoms with E-state index >= 15 is 0 Å². The van der Waals surface area contributed by atoms with Gasteiger partial charge in [0.2, 0.25) is 0 Å². The van der Waals surface area contributed by atoms with Gasteiger partial charge in [0.05, 0.1) is 0 Å². The topological polar surface area (TPSA) is 12.4 Å². The van der Waals surface area contributed by atoms with Gasteiger partial charge in [-0.25, -0.2) is 0 Å². The second kappa shape index (κ2) is 3.82. The molecule has 0 atom stereocenters. The van der Waals surface area contributed by atoms with E-state index < -0.39 is 0 Å². The fraction of sp³-hybridized carbons (Fsp3) is 1.00. The Morgan fingerprint density at radius 1 is 1.12 bits per heavy atom. The van der Waals surface area contributed by atoms with Gasteiger partial charge in [-0.05, 0) is 0 Å². The number of rotatable bonds is 2. The van der Waals surface area contributed by atoms with Crippen LogP contribution >= 0.6 is 0 Å². The summed E-state index contributed by atoms with van der Waals surface area (Å²) < 4.78 is 0. The summed E-state index contributed by atoms with van der Waals surface area (Å²) in [5, 5.41) is 0. The summed E-state index contributed by atoms with van der Waals surface area (Å²) in [5.74, 6) is 0.595. The molecule has 0 spiro atoms. The zero-order valence-corrected chi connectivity index (χ0v) is 6.18. The minimum absolute atomic E-state index is 0.456. The van der Waals surface area contributed by atoms with Crippen LogP contribution < -0.4 is 0 Å². The Balaban J connectivity index is 3.34. The fourth-order valence-electron chi connectivity index (χ4n) is 0.344. The summed E-state index contributed by atoms with van der Waals surface area (Å²) in [6.45, 7) is 8.43. The van der Waals surface area contributed by atoms with Crippen LogP contribution in [0.2, 0.25) is 5.82 Å². The molecule has 0 rings (SSSR count). The molecule has 0 aliphatic carbocycles. The third-order valence-corrected chi connectivity index (χ3v) is 0.682. The van der Waals surface area contributed by atoms with Gasteiger partial charge in [-0.15, -0.1) is 0 Å². The Morgan fingerprint density at radius 3 is 1.75 bits per heavy atom. The molecule has 0 bridgehead atoms. The molecule has 0 aromatic heterocycles. The third kappa shape index (κ3) is 5.86. The molecule has 0 saturated carbocycles. The van der Waals surface area contributed by atoms with E-state index in [4.69, 9.17) is 0 Å². The van der Waals surface area contributed by atoms with Gasteiger partial charge in [0.1, 0.15) is 0 Å². The first-order valence-electron chi connectivity index (χ1n) is 3.16. The van der Waals surface area contributed by atoms with Crippen LogP contribution in [0.15, 0.2) is 4.90 Å². The van der Waals surface area contributed by atoms with E-state index in [2.05, 4.69) is 32.6 Å². The van der Waals surface area contributed by atoms with E-state index in [0.29, 0.717) is 11.9 Å². The van der Waals surface area contributed by atoms with Crippen LogP contribution in [0.5, 0.6) is 0 Å². The summed E-state index contributed by atoms with van der Waals surface area (Å²) in [6, 6.07) is 0.456. The first kappa shape index (κ1) is 7.86. The Kier molecular flexibility index (Phi) is 3.75. The van der Waals surface area contributed by atoms with Crippen LogP contribution in [0.3, 0.4) is 0 Å². The van der Waals surface area contributed by atoms with Gasteiger partial charge < -0.3 is 0 Å². The number of hydrogen-bond acceptors (Lipinski definition) is 1. The molecule has 0 N–H and O–H groups in total. The third-order valence-electron chi connectivity index (χ3n) is 0.682. The molecule has 0 heterocycles. The molecule has 1 nitrogen and oxygen atoms in total. The SMILES string of the molecule is CC(C)/B=N\C(C)C. The second-order valence-electron chi connectivity index (χ2n) is 2.64. The summed E-state index contributed by atoms with van der Waals surface area (Å²) in [6.07, 6.45) is 0. The van der Waals surface area contributed by atoms with Crippen molar-refractivity contribution in [1.82, 2.24) is 0 Å². The van der Waals surface area contributed by atoms with Crippen LogP contribution in [-0.4, -0.2) is 13.1 Å². The normalized spacial score (nSPS) is 11.2. The summed E-state index contributed by atoms with van der Waals surface area (Å²) in [4.78, 5) is 4.20. The summed E-state index contributed by atoms with van der Waals surface area (Å²) in [5.41, 5.74) is 0. The van der Waals surface area contributed by atoms with Crippen molar-refractivity contribution >= 4 is 7.07 Å². The Hall–Kier alpha value is -0.135. The molecule has 0 aliphatic heterocycles. The van der Waals surface area contributed by atoms with Gasteiger partial charge in [-0.3, -0.25) is 0 Å². The van der Waals surface area contributed by atoms with Crippen LogP contribution in [0.4, 0.5) is 0 Å².